The molecule has 2 aromatic carbocycles. The van der Waals surface area contributed by atoms with Crippen molar-refractivity contribution in [3.8, 4) is 0 Å². The van der Waals surface area contributed by atoms with Crippen molar-refractivity contribution < 1.29 is 43.0 Å². The number of nitrogens with zero attached hydrogens (tertiary/aromatic N) is 1. The van der Waals surface area contributed by atoms with E-state index in [2.05, 4.69) is 15.3 Å². The van der Waals surface area contributed by atoms with Gasteiger partial charge >= 0.3 is 0 Å². The molecule has 0 aliphatic heterocycles. The SMILES string of the molecule is O=C(NOC(CO)CO)c1cc(C=NOCCO)c(F)c(F)c1Nc1ccc(I)cc1F. The molecule has 174 valence electrons. The fraction of sp³-hybridized carbons (Fsp3) is 0.263. The molecular formula is C19H19F3IN3O6. The standard InChI is InChI=1S/C19H19F3IN3O6/c20-14-6-11(23)1-2-15(14)25-18-13(19(30)26-32-12(8-28)9-29)5-10(16(21)17(18)22)7-24-31-4-3-27/h1-2,5-7,12,25,27-29H,3-4,8-9H2,(H,26,30). The minimum atomic E-state index is -1.51. The van der Waals surface area contributed by atoms with Gasteiger partial charge in [-0.25, -0.2) is 18.7 Å². The van der Waals surface area contributed by atoms with Gasteiger partial charge in [0.05, 0.1) is 43.0 Å². The second-order valence-electron chi connectivity index (χ2n) is 6.09. The number of benzene rings is 2. The van der Waals surface area contributed by atoms with E-state index in [-0.39, 0.29) is 18.9 Å². The number of oxime groups is 1. The molecule has 0 saturated heterocycles. The highest BCUT2D eigenvalue weighted by Crippen LogP contribution is 2.30. The smallest absolute Gasteiger partial charge is 0.277 e. The summed E-state index contributed by atoms with van der Waals surface area (Å²) in [5.74, 6) is -4.78. The first kappa shape index (κ1) is 25.8. The first-order valence-electron chi connectivity index (χ1n) is 9.00. The Bertz CT molecular complexity index is 976. The molecule has 5 N–H and O–H groups in total. The first-order valence-corrected chi connectivity index (χ1v) is 10.1. The predicted octanol–water partition coefficient (Wildman–Crippen LogP) is 1.81. The molecule has 2 rings (SSSR count). The van der Waals surface area contributed by atoms with Crippen molar-refractivity contribution >= 4 is 46.1 Å². The Morgan fingerprint density at radius 3 is 2.50 bits per heavy atom. The maximum atomic E-state index is 14.9. The van der Waals surface area contributed by atoms with Crippen molar-refractivity contribution in [2.24, 2.45) is 5.16 Å². The van der Waals surface area contributed by atoms with Crippen LogP contribution in [0.15, 0.2) is 29.4 Å². The van der Waals surface area contributed by atoms with Crippen LogP contribution in [-0.4, -0.2) is 60.0 Å². The summed E-state index contributed by atoms with van der Waals surface area (Å²) in [4.78, 5) is 22.0. The molecule has 2 aromatic rings. The Hall–Kier alpha value is -2.46. The molecule has 0 saturated carbocycles. The number of hydrogen-bond acceptors (Lipinski definition) is 8. The molecule has 32 heavy (non-hydrogen) atoms. The van der Waals surface area contributed by atoms with E-state index in [9.17, 15) is 18.0 Å². The number of anilines is 2. The molecule has 9 nitrogen and oxygen atoms in total. The summed E-state index contributed by atoms with van der Waals surface area (Å²) in [7, 11) is 0. The summed E-state index contributed by atoms with van der Waals surface area (Å²) in [5, 5.41) is 32.5. The van der Waals surface area contributed by atoms with Gasteiger partial charge in [0.25, 0.3) is 5.91 Å². The zero-order valence-corrected chi connectivity index (χ0v) is 18.5. The number of aliphatic hydroxyl groups excluding tert-OH is 3. The summed E-state index contributed by atoms with van der Waals surface area (Å²) in [5.41, 5.74) is 0.00358. The summed E-state index contributed by atoms with van der Waals surface area (Å²) in [6, 6.07) is 4.84. The molecule has 0 fully saturated rings. The van der Waals surface area contributed by atoms with E-state index < -0.39 is 59.5 Å². The highest BCUT2D eigenvalue weighted by molar-refractivity contribution is 14.1. The molecular weight excluding hydrogens is 550 g/mol. The third-order valence-corrected chi connectivity index (χ3v) is 4.52. The maximum Gasteiger partial charge on any atom is 0.277 e. The number of amides is 1. The molecule has 0 aliphatic rings. The summed E-state index contributed by atoms with van der Waals surface area (Å²) in [6.45, 7) is -1.82. The lowest BCUT2D eigenvalue weighted by Crippen LogP contribution is -2.34. The van der Waals surface area contributed by atoms with Crippen molar-refractivity contribution in [2.75, 3.05) is 31.7 Å². The van der Waals surface area contributed by atoms with E-state index in [1.807, 2.05) is 28.1 Å². The molecule has 0 unspecified atom stereocenters. The van der Waals surface area contributed by atoms with E-state index in [1.54, 1.807) is 0 Å². The quantitative estimate of drug-likeness (QED) is 0.121. The summed E-state index contributed by atoms with van der Waals surface area (Å²) < 4.78 is 44.2. The van der Waals surface area contributed by atoms with Crippen molar-refractivity contribution in [3.05, 3.63) is 56.4 Å². The van der Waals surface area contributed by atoms with Crippen LogP contribution in [0.4, 0.5) is 24.5 Å². The van der Waals surface area contributed by atoms with Crippen LogP contribution < -0.4 is 10.8 Å². The highest BCUT2D eigenvalue weighted by atomic mass is 127. The average Bonchev–Trinajstić information content (AvgIpc) is 2.77. The van der Waals surface area contributed by atoms with Gasteiger partial charge in [-0.1, -0.05) is 5.16 Å². The van der Waals surface area contributed by atoms with Crippen LogP contribution in [-0.2, 0) is 9.68 Å². The zero-order valence-electron chi connectivity index (χ0n) is 16.3. The Kier molecular flexibility index (Phi) is 10.1. The van der Waals surface area contributed by atoms with E-state index in [1.165, 1.54) is 12.1 Å². The van der Waals surface area contributed by atoms with E-state index >= 15 is 0 Å². The molecule has 0 bridgehead atoms. The van der Waals surface area contributed by atoms with Gasteiger partial charge in [-0.2, -0.15) is 0 Å². The molecule has 0 spiro atoms. The van der Waals surface area contributed by atoms with Crippen molar-refractivity contribution in [1.29, 1.82) is 0 Å². The van der Waals surface area contributed by atoms with Gasteiger partial charge in [-0.3, -0.25) is 9.63 Å². The summed E-state index contributed by atoms with van der Waals surface area (Å²) >= 11 is 1.86. The fourth-order valence-electron chi connectivity index (χ4n) is 2.28. The van der Waals surface area contributed by atoms with Crippen LogP contribution in [0.5, 0.6) is 0 Å². The maximum absolute atomic E-state index is 14.9. The van der Waals surface area contributed by atoms with Crippen LogP contribution in [0, 0.1) is 21.0 Å². The molecule has 0 atom stereocenters. The van der Waals surface area contributed by atoms with Crippen LogP contribution in [0.1, 0.15) is 15.9 Å². The van der Waals surface area contributed by atoms with Crippen molar-refractivity contribution in [2.45, 2.75) is 6.10 Å². The lowest BCUT2D eigenvalue weighted by Gasteiger charge is -2.17. The fourth-order valence-corrected chi connectivity index (χ4v) is 2.73. The molecule has 1 amide bonds. The minimum Gasteiger partial charge on any atom is -0.393 e. The number of halogens is 4. The third kappa shape index (κ3) is 6.77. The van der Waals surface area contributed by atoms with Crippen LogP contribution >= 0.6 is 22.6 Å². The van der Waals surface area contributed by atoms with E-state index in [0.717, 1.165) is 18.3 Å². The monoisotopic (exact) mass is 569 g/mol. The van der Waals surface area contributed by atoms with Gasteiger partial charge in [-0.15, -0.1) is 0 Å². The molecule has 0 aromatic heterocycles. The van der Waals surface area contributed by atoms with Gasteiger partial charge in [0.1, 0.15) is 18.5 Å². The summed E-state index contributed by atoms with van der Waals surface area (Å²) in [6.07, 6.45) is -0.382. The minimum absolute atomic E-state index is 0.197. The van der Waals surface area contributed by atoms with Crippen LogP contribution in [0.3, 0.4) is 0 Å². The molecule has 0 heterocycles. The topological polar surface area (TPSA) is 133 Å². The normalized spacial score (nSPS) is 11.2. The Morgan fingerprint density at radius 2 is 1.88 bits per heavy atom. The Balaban J connectivity index is 2.47. The molecule has 0 radical (unpaired) electrons. The van der Waals surface area contributed by atoms with Crippen LogP contribution in [0.2, 0.25) is 0 Å². The Morgan fingerprint density at radius 1 is 1.16 bits per heavy atom. The number of nitrogens with one attached hydrogen (secondary N) is 2. The Labute approximate surface area is 193 Å². The number of hydrogen-bond donors (Lipinski definition) is 5. The first-order chi connectivity index (χ1) is 15.3. The van der Waals surface area contributed by atoms with Gasteiger partial charge in [0.2, 0.25) is 0 Å². The van der Waals surface area contributed by atoms with Crippen molar-refractivity contribution in [3.63, 3.8) is 0 Å². The van der Waals surface area contributed by atoms with Crippen LogP contribution in [0.25, 0.3) is 0 Å². The number of aliphatic hydroxyl groups is 3. The number of carbonyl (C=O) groups excluding carboxylic acids is 1. The van der Waals surface area contributed by atoms with Gasteiger partial charge in [0, 0.05) is 9.13 Å². The second kappa shape index (κ2) is 12.5. The molecule has 13 heteroatoms. The van der Waals surface area contributed by atoms with Gasteiger partial charge < -0.3 is 25.5 Å². The lowest BCUT2D eigenvalue weighted by molar-refractivity contribution is -0.0618. The van der Waals surface area contributed by atoms with E-state index in [4.69, 9.17) is 20.2 Å². The lowest BCUT2D eigenvalue weighted by atomic mass is 10.1. The number of carbonyl (C=O) groups is 1. The number of rotatable bonds is 11. The second-order valence-corrected chi connectivity index (χ2v) is 7.34. The average molecular weight is 569 g/mol. The van der Waals surface area contributed by atoms with Crippen molar-refractivity contribution in [1.82, 2.24) is 5.48 Å². The largest absolute Gasteiger partial charge is 0.393 e. The van der Waals surface area contributed by atoms with E-state index in [0.29, 0.717) is 3.57 Å². The predicted molar refractivity (Wildman–Crippen MR) is 116 cm³/mol. The third-order valence-electron chi connectivity index (χ3n) is 3.84. The highest BCUT2D eigenvalue weighted by Gasteiger charge is 2.24. The molecule has 0 aliphatic carbocycles. The number of hydroxylamine groups is 1. The zero-order chi connectivity index (χ0) is 23.7. The van der Waals surface area contributed by atoms with Gasteiger partial charge in [-0.05, 0) is 46.9 Å². The van der Waals surface area contributed by atoms with Gasteiger partial charge in [0.15, 0.2) is 11.6 Å².